The van der Waals surface area contributed by atoms with Crippen LogP contribution in [0, 0.1) is 12.7 Å². The van der Waals surface area contributed by atoms with Crippen molar-refractivity contribution in [2.75, 3.05) is 5.32 Å². The fourth-order valence-electron chi connectivity index (χ4n) is 1.59. The number of halogens is 3. The Bertz CT molecular complexity index is 720. The molecule has 0 aliphatic rings. The number of aromatic nitrogens is 1. The molecule has 0 spiro atoms. The third kappa shape index (κ3) is 3.00. The molecule has 1 aromatic carbocycles. The molecule has 0 saturated heterocycles. The van der Waals surface area contributed by atoms with E-state index in [2.05, 4.69) is 10.3 Å². The van der Waals surface area contributed by atoms with Gasteiger partial charge in [-0.25, -0.2) is 4.39 Å². The number of aryl methyl sites for hydroxylation is 1. The maximum absolute atomic E-state index is 13.0. The third-order valence-electron chi connectivity index (χ3n) is 2.55. The molecule has 2 rings (SSSR count). The number of aromatic amines is 1. The minimum Gasteiger partial charge on any atom is -0.364 e. The van der Waals surface area contributed by atoms with Gasteiger partial charge in [0.1, 0.15) is 11.4 Å². The van der Waals surface area contributed by atoms with Crippen LogP contribution in [0.3, 0.4) is 0 Å². The maximum atomic E-state index is 13.0. The molecular formula is C13H9Cl2FN2O2. The van der Waals surface area contributed by atoms with Crippen molar-refractivity contribution < 1.29 is 9.18 Å². The summed E-state index contributed by atoms with van der Waals surface area (Å²) in [6, 6.07) is 3.33. The van der Waals surface area contributed by atoms with Crippen molar-refractivity contribution in [3.05, 3.63) is 61.7 Å². The highest BCUT2D eigenvalue weighted by atomic mass is 35.5. The Hall–Kier alpha value is -1.85. The van der Waals surface area contributed by atoms with E-state index in [4.69, 9.17) is 23.2 Å². The van der Waals surface area contributed by atoms with Crippen LogP contribution in [0.1, 0.15) is 16.1 Å². The van der Waals surface area contributed by atoms with E-state index in [9.17, 15) is 14.0 Å². The van der Waals surface area contributed by atoms with Crippen LogP contribution >= 0.6 is 23.2 Å². The molecule has 0 atom stereocenters. The predicted molar refractivity (Wildman–Crippen MR) is 76.2 cm³/mol. The van der Waals surface area contributed by atoms with Crippen molar-refractivity contribution in [3.8, 4) is 0 Å². The van der Waals surface area contributed by atoms with Crippen LogP contribution in [0.5, 0.6) is 0 Å². The minimum absolute atomic E-state index is 0.0492. The number of anilines is 1. The van der Waals surface area contributed by atoms with Gasteiger partial charge in [0.05, 0.1) is 15.7 Å². The highest BCUT2D eigenvalue weighted by molar-refractivity contribution is 6.40. The lowest BCUT2D eigenvalue weighted by Crippen LogP contribution is -2.21. The lowest BCUT2D eigenvalue weighted by atomic mass is 10.2. The fourth-order valence-corrected chi connectivity index (χ4v) is 2.15. The Morgan fingerprint density at radius 1 is 1.25 bits per heavy atom. The van der Waals surface area contributed by atoms with Gasteiger partial charge in [-0.2, -0.15) is 0 Å². The second-order valence-electron chi connectivity index (χ2n) is 4.09. The van der Waals surface area contributed by atoms with Crippen molar-refractivity contribution in [3.63, 3.8) is 0 Å². The molecule has 1 amide bonds. The summed E-state index contributed by atoms with van der Waals surface area (Å²) < 4.78 is 13.0. The Morgan fingerprint density at radius 3 is 2.40 bits per heavy atom. The van der Waals surface area contributed by atoms with Gasteiger partial charge >= 0.3 is 0 Å². The van der Waals surface area contributed by atoms with E-state index in [0.29, 0.717) is 5.69 Å². The van der Waals surface area contributed by atoms with Crippen LogP contribution in [0.2, 0.25) is 10.0 Å². The summed E-state index contributed by atoms with van der Waals surface area (Å²) in [7, 11) is 0. The Kier molecular flexibility index (Phi) is 4.11. The van der Waals surface area contributed by atoms with Crippen LogP contribution in [0.4, 0.5) is 10.1 Å². The number of rotatable bonds is 2. The Morgan fingerprint density at radius 2 is 1.85 bits per heavy atom. The normalized spacial score (nSPS) is 10.4. The number of carbonyl (C=O) groups is 1. The van der Waals surface area contributed by atoms with E-state index in [0.717, 1.165) is 12.1 Å². The summed E-state index contributed by atoms with van der Waals surface area (Å²) >= 11 is 11.6. The second-order valence-corrected chi connectivity index (χ2v) is 4.91. The zero-order chi connectivity index (χ0) is 14.9. The zero-order valence-corrected chi connectivity index (χ0v) is 11.8. The van der Waals surface area contributed by atoms with Gasteiger partial charge in [0, 0.05) is 18.0 Å². The van der Waals surface area contributed by atoms with E-state index in [1.807, 2.05) is 0 Å². The van der Waals surface area contributed by atoms with Crippen LogP contribution in [-0.2, 0) is 0 Å². The standard InChI is InChI=1S/C13H9Cl2FN2O2/c1-6-2-11(19)8(5-17-6)13(20)18-12-9(14)3-7(16)4-10(12)15/h2-5H,1H3,(H,17,19)(H,18,20). The summed E-state index contributed by atoms with van der Waals surface area (Å²) in [6.45, 7) is 1.69. The van der Waals surface area contributed by atoms with Gasteiger partial charge in [0.2, 0.25) is 0 Å². The molecule has 0 unspecified atom stereocenters. The van der Waals surface area contributed by atoms with Crippen molar-refractivity contribution >= 4 is 34.8 Å². The number of H-pyrrole nitrogens is 1. The molecule has 104 valence electrons. The van der Waals surface area contributed by atoms with Gasteiger partial charge in [-0.3, -0.25) is 9.59 Å². The molecular weight excluding hydrogens is 306 g/mol. The first-order valence-corrected chi connectivity index (χ1v) is 6.29. The Balaban J connectivity index is 2.35. The first kappa shape index (κ1) is 14.6. The maximum Gasteiger partial charge on any atom is 0.261 e. The number of hydrogen-bond acceptors (Lipinski definition) is 2. The van der Waals surface area contributed by atoms with E-state index in [1.54, 1.807) is 6.92 Å². The minimum atomic E-state index is -0.679. The number of pyridine rings is 1. The van der Waals surface area contributed by atoms with Crippen LogP contribution < -0.4 is 10.7 Å². The largest absolute Gasteiger partial charge is 0.364 e. The van der Waals surface area contributed by atoms with Gasteiger partial charge in [0.15, 0.2) is 5.43 Å². The molecule has 0 radical (unpaired) electrons. The predicted octanol–water partition coefficient (Wildman–Crippen LogP) is 3.38. The number of nitrogens with one attached hydrogen (secondary N) is 2. The smallest absolute Gasteiger partial charge is 0.261 e. The molecule has 0 bridgehead atoms. The molecule has 1 aromatic heterocycles. The van der Waals surface area contributed by atoms with E-state index in [-0.39, 0.29) is 21.3 Å². The van der Waals surface area contributed by atoms with Gasteiger partial charge in [-0.15, -0.1) is 0 Å². The number of amides is 1. The number of benzene rings is 1. The number of carbonyl (C=O) groups excluding carboxylic acids is 1. The quantitative estimate of drug-likeness (QED) is 0.892. The van der Waals surface area contributed by atoms with Crippen molar-refractivity contribution in [1.82, 2.24) is 4.98 Å². The molecule has 7 heteroatoms. The highest BCUT2D eigenvalue weighted by Gasteiger charge is 2.15. The van der Waals surface area contributed by atoms with Gasteiger partial charge in [0.25, 0.3) is 5.91 Å². The first-order valence-electron chi connectivity index (χ1n) is 5.53. The molecule has 4 nitrogen and oxygen atoms in total. The van der Waals surface area contributed by atoms with Crippen molar-refractivity contribution in [2.45, 2.75) is 6.92 Å². The van der Waals surface area contributed by atoms with Gasteiger partial charge < -0.3 is 10.3 Å². The monoisotopic (exact) mass is 314 g/mol. The SMILES string of the molecule is Cc1cc(=O)c(C(=O)Nc2c(Cl)cc(F)cc2Cl)c[nH]1. The average molecular weight is 315 g/mol. The van der Waals surface area contributed by atoms with E-state index >= 15 is 0 Å². The summed E-state index contributed by atoms with van der Waals surface area (Å²) in [5, 5.41) is 2.29. The lowest BCUT2D eigenvalue weighted by molar-refractivity contribution is 0.102. The molecule has 1 heterocycles. The molecule has 20 heavy (non-hydrogen) atoms. The van der Waals surface area contributed by atoms with Crippen LogP contribution in [0.15, 0.2) is 29.2 Å². The van der Waals surface area contributed by atoms with Gasteiger partial charge in [-0.05, 0) is 19.1 Å². The zero-order valence-electron chi connectivity index (χ0n) is 10.3. The van der Waals surface area contributed by atoms with Crippen molar-refractivity contribution in [1.29, 1.82) is 0 Å². The van der Waals surface area contributed by atoms with Crippen LogP contribution in [0.25, 0.3) is 0 Å². The van der Waals surface area contributed by atoms with Crippen molar-refractivity contribution in [2.24, 2.45) is 0 Å². The Labute approximate surface area is 123 Å². The van der Waals surface area contributed by atoms with Gasteiger partial charge in [-0.1, -0.05) is 23.2 Å². The molecule has 2 aromatic rings. The molecule has 2 N–H and O–H groups in total. The molecule has 0 saturated carbocycles. The molecule has 0 aliphatic heterocycles. The second kappa shape index (κ2) is 5.64. The summed E-state index contributed by atoms with van der Waals surface area (Å²) in [5.74, 6) is -1.30. The van der Waals surface area contributed by atoms with E-state index in [1.165, 1.54) is 12.3 Å². The summed E-state index contributed by atoms with van der Waals surface area (Å²) in [5.41, 5.74) is 0.157. The topological polar surface area (TPSA) is 62.0 Å². The summed E-state index contributed by atoms with van der Waals surface area (Å²) in [4.78, 5) is 26.4. The first-order chi connectivity index (χ1) is 9.38. The van der Waals surface area contributed by atoms with Crippen LogP contribution in [-0.4, -0.2) is 10.9 Å². The summed E-state index contributed by atoms with van der Waals surface area (Å²) in [6.07, 6.45) is 1.29. The highest BCUT2D eigenvalue weighted by Crippen LogP contribution is 2.31. The third-order valence-corrected chi connectivity index (χ3v) is 3.14. The molecule has 0 aliphatic carbocycles. The number of hydrogen-bond donors (Lipinski definition) is 2. The lowest BCUT2D eigenvalue weighted by Gasteiger charge is -2.09. The van der Waals surface area contributed by atoms with E-state index < -0.39 is 17.2 Å². The fraction of sp³-hybridized carbons (Fsp3) is 0.0769. The molecule has 0 fully saturated rings. The average Bonchev–Trinajstić information content (AvgIpc) is 2.33.